The van der Waals surface area contributed by atoms with Crippen molar-refractivity contribution in [2.24, 2.45) is 11.7 Å². The molecule has 1 aromatic heterocycles. The van der Waals surface area contributed by atoms with Gasteiger partial charge in [-0.05, 0) is 11.6 Å². The Labute approximate surface area is 97.2 Å². The molecule has 1 amide bonds. The minimum Gasteiger partial charge on any atom is -0.381 e. The monoisotopic (exact) mass is 242 g/mol. The molecule has 0 radical (unpaired) electrons. The van der Waals surface area contributed by atoms with E-state index in [0.29, 0.717) is 18.2 Å². The number of nitrogens with one attached hydrogen (secondary N) is 1. The second kappa shape index (κ2) is 4.63. The van der Waals surface area contributed by atoms with Gasteiger partial charge < -0.3 is 15.8 Å². The first-order valence-corrected chi connectivity index (χ1v) is 5.18. The third-order valence-electron chi connectivity index (χ3n) is 2.28. The van der Waals surface area contributed by atoms with E-state index in [0.717, 1.165) is 13.2 Å². The van der Waals surface area contributed by atoms with Gasteiger partial charge in [0, 0.05) is 12.5 Å². The average Bonchev–Trinajstić information content (AvgIpc) is 2.17. The predicted molar refractivity (Wildman–Crippen MR) is 58.4 cm³/mol. The number of nitrogens with two attached hydrogens (primary N) is 1. The van der Waals surface area contributed by atoms with Gasteiger partial charge in [0.15, 0.2) is 5.69 Å². The topological polar surface area (TPSA) is 90.1 Å². The number of rotatable bonds is 4. The maximum absolute atomic E-state index is 11.1. The van der Waals surface area contributed by atoms with Crippen LogP contribution in [0.15, 0.2) is 6.20 Å². The summed E-state index contributed by atoms with van der Waals surface area (Å²) in [5.41, 5.74) is 5.80. The molecule has 16 heavy (non-hydrogen) atoms. The lowest BCUT2D eigenvalue weighted by atomic mass is 10.1. The summed E-state index contributed by atoms with van der Waals surface area (Å²) in [7, 11) is 0. The van der Waals surface area contributed by atoms with E-state index < -0.39 is 5.91 Å². The van der Waals surface area contributed by atoms with Crippen LogP contribution in [0.1, 0.15) is 10.5 Å². The SMILES string of the molecule is NC(=O)c1nc(Cl)ncc1NCC1COC1. The Bertz CT molecular complexity index is 408. The molecule has 1 aromatic rings. The van der Waals surface area contributed by atoms with Crippen LogP contribution in [-0.2, 0) is 4.74 Å². The number of hydrogen-bond acceptors (Lipinski definition) is 5. The molecule has 3 N–H and O–H groups in total. The number of amides is 1. The fourth-order valence-corrected chi connectivity index (χ4v) is 1.47. The highest BCUT2D eigenvalue weighted by atomic mass is 35.5. The van der Waals surface area contributed by atoms with Gasteiger partial charge in [-0.1, -0.05) is 0 Å². The van der Waals surface area contributed by atoms with Crippen molar-refractivity contribution in [3.63, 3.8) is 0 Å². The molecule has 1 saturated heterocycles. The maximum Gasteiger partial charge on any atom is 0.269 e. The van der Waals surface area contributed by atoms with E-state index in [1.807, 2.05) is 0 Å². The number of primary amides is 1. The third kappa shape index (κ3) is 2.40. The zero-order valence-electron chi connectivity index (χ0n) is 8.44. The second-order valence-electron chi connectivity index (χ2n) is 3.55. The van der Waals surface area contributed by atoms with Crippen LogP contribution in [-0.4, -0.2) is 35.6 Å². The van der Waals surface area contributed by atoms with E-state index in [1.165, 1.54) is 6.20 Å². The molecule has 1 aliphatic heterocycles. The molecule has 86 valence electrons. The molecule has 2 heterocycles. The summed E-state index contributed by atoms with van der Waals surface area (Å²) in [6.07, 6.45) is 1.45. The fourth-order valence-electron chi connectivity index (χ4n) is 1.33. The summed E-state index contributed by atoms with van der Waals surface area (Å²) in [6, 6.07) is 0. The van der Waals surface area contributed by atoms with Crippen LogP contribution in [0.25, 0.3) is 0 Å². The highest BCUT2D eigenvalue weighted by Crippen LogP contribution is 2.16. The van der Waals surface area contributed by atoms with Gasteiger partial charge in [-0.3, -0.25) is 4.79 Å². The van der Waals surface area contributed by atoms with Gasteiger partial charge in [-0.25, -0.2) is 9.97 Å². The molecule has 0 spiro atoms. The van der Waals surface area contributed by atoms with Crippen molar-refractivity contribution in [3.05, 3.63) is 17.2 Å². The number of carbonyl (C=O) groups excluding carboxylic acids is 1. The van der Waals surface area contributed by atoms with Crippen LogP contribution >= 0.6 is 11.6 Å². The molecular weight excluding hydrogens is 232 g/mol. The van der Waals surface area contributed by atoms with E-state index in [-0.39, 0.29) is 11.0 Å². The molecule has 0 aliphatic carbocycles. The normalized spacial score (nSPS) is 15.6. The summed E-state index contributed by atoms with van der Waals surface area (Å²) in [5, 5.41) is 3.07. The summed E-state index contributed by atoms with van der Waals surface area (Å²) in [4.78, 5) is 18.7. The van der Waals surface area contributed by atoms with Gasteiger partial charge in [0.2, 0.25) is 5.28 Å². The van der Waals surface area contributed by atoms with Gasteiger partial charge in [0.05, 0.1) is 25.1 Å². The van der Waals surface area contributed by atoms with E-state index in [4.69, 9.17) is 22.1 Å². The van der Waals surface area contributed by atoms with E-state index in [2.05, 4.69) is 15.3 Å². The van der Waals surface area contributed by atoms with E-state index >= 15 is 0 Å². The first-order chi connectivity index (χ1) is 7.66. The average molecular weight is 243 g/mol. The second-order valence-corrected chi connectivity index (χ2v) is 3.89. The van der Waals surface area contributed by atoms with Crippen molar-refractivity contribution in [1.29, 1.82) is 0 Å². The van der Waals surface area contributed by atoms with Crippen LogP contribution in [0.2, 0.25) is 5.28 Å². The van der Waals surface area contributed by atoms with Crippen molar-refractivity contribution >= 4 is 23.2 Å². The van der Waals surface area contributed by atoms with Crippen LogP contribution in [0.3, 0.4) is 0 Å². The Kier molecular flexibility index (Phi) is 3.21. The quantitative estimate of drug-likeness (QED) is 0.741. The molecule has 1 fully saturated rings. The Morgan fingerprint density at radius 2 is 2.44 bits per heavy atom. The summed E-state index contributed by atoms with van der Waals surface area (Å²) >= 11 is 5.58. The molecule has 2 rings (SSSR count). The number of carbonyl (C=O) groups is 1. The molecule has 6 nitrogen and oxygen atoms in total. The Morgan fingerprint density at radius 3 is 3.00 bits per heavy atom. The smallest absolute Gasteiger partial charge is 0.269 e. The molecule has 7 heteroatoms. The van der Waals surface area contributed by atoms with Gasteiger partial charge in [0.25, 0.3) is 5.91 Å². The first-order valence-electron chi connectivity index (χ1n) is 4.81. The summed E-state index contributed by atoms with van der Waals surface area (Å²) in [6.45, 7) is 2.16. The Hall–Kier alpha value is -1.40. The Morgan fingerprint density at radius 1 is 1.69 bits per heavy atom. The predicted octanol–water partition coefficient (Wildman–Crippen LogP) is 0.287. The van der Waals surface area contributed by atoms with Crippen molar-refractivity contribution in [1.82, 2.24) is 9.97 Å². The lowest BCUT2D eigenvalue weighted by Gasteiger charge is -2.26. The van der Waals surface area contributed by atoms with Crippen LogP contribution in [0, 0.1) is 5.92 Å². The lowest BCUT2D eigenvalue weighted by molar-refractivity contribution is -0.0248. The van der Waals surface area contributed by atoms with Crippen LogP contribution in [0.5, 0.6) is 0 Å². The molecule has 0 aromatic carbocycles. The molecule has 0 bridgehead atoms. The standard InChI is InChI=1S/C9H11ClN4O2/c10-9-13-2-6(7(14-9)8(11)15)12-1-5-3-16-4-5/h2,5,12H,1,3-4H2,(H2,11,15). The minimum absolute atomic E-state index is 0.00586. The molecular formula is C9H11ClN4O2. The number of halogens is 1. The fraction of sp³-hybridized carbons (Fsp3) is 0.444. The third-order valence-corrected chi connectivity index (χ3v) is 2.46. The highest BCUT2D eigenvalue weighted by Gasteiger charge is 2.19. The molecule has 0 atom stereocenters. The summed E-state index contributed by atoms with van der Waals surface area (Å²) in [5.74, 6) is -0.173. The molecule has 0 unspecified atom stereocenters. The van der Waals surface area contributed by atoms with Crippen molar-refractivity contribution < 1.29 is 9.53 Å². The van der Waals surface area contributed by atoms with Gasteiger partial charge in [-0.15, -0.1) is 0 Å². The highest BCUT2D eigenvalue weighted by molar-refractivity contribution is 6.28. The Balaban J connectivity index is 2.08. The van der Waals surface area contributed by atoms with E-state index in [9.17, 15) is 4.79 Å². The lowest BCUT2D eigenvalue weighted by Crippen LogP contribution is -2.34. The van der Waals surface area contributed by atoms with Crippen molar-refractivity contribution in [2.45, 2.75) is 0 Å². The van der Waals surface area contributed by atoms with E-state index in [1.54, 1.807) is 0 Å². The first kappa shape index (κ1) is 11.1. The number of hydrogen-bond donors (Lipinski definition) is 2. The number of ether oxygens (including phenoxy) is 1. The maximum atomic E-state index is 11.1. The zero-order chi connectivity index (χ0) is 11.5. The van der Waals surface area contributed by atoms with Crippen molar-refractivity contribution in [2.75, 3.05) is 25.1 Å². The molecule has 0 saturated carbocycles. The van der Waals surface area contributed by atoms with Gasteiger partial charge >= 0.3 is 0 Å². The number of nitrogens with zero attached hydrogens (tertiary/aromatic N) is 2. The van der Waals surface area contributed by atoms with Gasteiger partial charge in [0.1, 0.15) is 0 Å². The largest absolute Gasteiger partial charge is 0.381 e. The summed E-state index contributed by atoms with van der Waals surface area (Å²) < 4.78 is 5.04. The zero-order valence-corrected chi connectivity index (χ0v) is 9.20. The van der Waals surface area contributed by atoms with Gasteiger partial charge in [-0.2, -0.15) is 0 Å². The number of aromatic nitrogens is 2. The number of anilines is 1. The molecule has 1 aliphatic rings. The van der Waals surface area contributed by atoms with Crippen LogP contribution < -0.4 is 11.1 Å². The van der Waals surface area contributed by atoms with Crippen molar-refractivity contribution in [3.8, 4) is 0 Å². The van der Waals surface area contributed by atoms with Crippen LogP contribution in [0.4, 0.5) is 5.69 Å². The minimum atomic E-state index is -0.628.